The summed E-state index contributed by atoms with van der Waals surface area (Å²) in [6, 6.07) is 0. The van der Waals surface area contributed by atoms with Gasteiger partial charge in [0.1, 0.15) is 5.78 Å². The van der Waals surface area contributed by atoms with Crippen LogP contribution in [0, 0.1) is 5.92 Å². The van der Waals surface area contributed by atoms with Crippen LogP contribution >= 0.6 is 0 Å². The van der Waals surface area contributed by atoms with Gasteiger partial charge in [-0.3, -0.25) is 4.79 Å². The lowest BCUT2D eigenvalue weighted by molar-refractivity contribution is -0.135. The summed E-state index contributed by atoms with van der Waals surface area (Å²) in [4.78, 5) is 20.0. The first-order valence-corrected chi connectivity index (χ1v) is 4.17. The van der Waals surface area contributed by atoms with E-state index in [0.717, 1.165) is 12.7 Å². The number of hydrogen-bond donors (Lipinski definition) is 0. The number of ether oxygens (including phenoxy) is 1. The molecular weight excluding hydrogens is 168 g/mol. The van der Waals surface area contributed by atoms with Gasteiger partial charge in [-0.2, -0.15) is 0 Å². The van der Waals surface area contributed by atoms with E-state index in [9.17, 15) is 9.59 Å². The summed E-state index contributed by atoms with van der Waals surface area (Å²) in [6.07, 6.45) is 1.82. The van der Waals surface area contributed by atoms with Crippen molar-refractivity contribution in [2.75, 3.05) is 0 Å². The van der Waals surface area contributed by atoms with Gasteiger partial charge in [0, 0.05) is 13.3 Å². The molecule has 0 bridgehead atoms. The van der Waals surface area contributed by atoms with Crippen molar-refractivity contribution in [2.24, 2.45) is 5.92 Å². The highest BCUT2D eigenvalue weighted by molar-refractivity contribution is 5.75. The molecule has 0 aromatic rings. The van der Waals surface area contributed by atoms with E-state index in [-0.39, 0.29) is 11.8 Å². The highest BCUT2D eigenvalue weighted by Gasteiger charge is 1.95. The molecule has 0 N–H and O–H groups in total. The van der Waals surface area contributed by atoms with Gasteiger partial charge < -0.3 is 9.53 Å². The molecule has 0 aliphatic rings. The maximum atomic E-state index is 10.3. The number of esters is 1. The molecule has 0 aliphatic carbocycles. The van der Waals surface area contributed by atoms with Crippen molar-refractivity contribution in [1.82, 2.24) is 0 Å². The molecule has 0 saturated carbocycles. The number of hydrogen-bond acceptors (Lipinski definition) is 3. The van der Waals surface area contributed by atoms with Crippen LogP contribution in [0.5, 0.6) is 0 Å². The molecule has 0 rings (SSSR count). The van der Waals surface area contributed by atoms with Gasteiger partial charge in [-0.15, -0.1) is 0 Å². The fourth-order valence-electron chi connectivity index (χ4n) is 0.692. The molecule has 13 heavy (non-hydrogen) atoms. The molecule has 0 saturated heterocycles. The number of carbonyl (C=O) groups is 2. The van der Waals surface area contributed by atoms with Gasteiger partial charge in [-0.1, -0.05) is 20.4 Å². The molecule has 0 unspecified atom stereocenters. The molecule has 0 amide bonds. The third-order valence-electron chi connectivity index (χ3n) is 0.945. The molecule has 3 nitrogen and oxygen atoms in total. The molecule has 0 aromatic heterocycles. The first-order valence-electron chi connectivity index (χ1n) is 4.17. The van der Waals surface area contributed by atoms with Crippen LogP contribution in [0.2, 0.25) is 0 Å². The summed E-state index contributed by atoms with van der Waals surface area (Å²) < 4.78 is 4.17. The predicted octanol–water partition coefficient (Wildman–Crippen LogP) is 2.31. The number of carbonyl (C=O) groups excluding carboxylic acids is 2. The zero-order chi connectivity index (χ0) is 10.9. The van der Waals surface area contributed by atoms with Crippen LogP contribution in [0.3, 0.4) is 0 Å². The Morgan fingerprint density at radius 2 is 1.85 bits per heavy atom. The van der Waals surface area contributed by atoms with E-state index in [1.165, 1.54) is 6.92 Å². The van der Waals surface area contributed by atoms with Crippen molar-refractivity contribution in [1.29, 1.82) is 0 Å². The largest absolute Gasteiger partial charge is 0.435 e. The zero-order valence-electron chi connectivity index (χ0n) is 8.79. The lowest BCUT2D eigenvalue weighted by Crippen LogP contribution is -1.95. The summed E-state index contributed by atoms with van der Waals surface area (Å²) in [5.41, 5.74) is 0. The molecule has 3 heteroatoms. The zero-order valence-corrected chi connectivity index (χ0v) is 8.79. The maximum Gasteiger partial charge on any atom is 0.307 e. The minimum atomic E-state index is -0.329. The van der Waals surface area contributed by atoms with Crippen molar-refractivity contribution in [3.05, 3.63) is 12.8 Å². The standard InChI is InChI=1S/C6H12O.C4H6O2/c1-5(2)4-6(3)7;1-3-6-4(2)5/h5H,4H2,1-3H3;3H,1H2,2H3. The Hall–Kier alpha value is -1.12. The summed E-state index contributed by atoms with van der Waals surface area (Å²) >= 11 is 0. The van der Waals surface area contributed by atoms with E-state index >= 15 is 0 Å². The van der Waals surface area contributed by atoms with Gasteiger partial charge in [0.05, 0.1) is 6.26 Å². The topological polar surface area (TPSA) is 43.4 Å². The second-order valence-electron chi connectivity index (χ2n) is 3.08. The third kappa shape index (κ3) is 24.8. The van der Waals surface area contributed by atoms with Gasteiger partial charge in [-0.25, -0.2) is 0 Å². The molecular formula is C10H18O3. The van der Waals surface area contributed by atoms with Crippen LogP contribution in [0.4, 0.5) is 0 Å². The molecule has 0 spiro atoms. The Kier molecular flexibility index (Phi) is 9.94. The summed E-state index contributed by atoms with van der Waals surface area (Å²) in [6.45, 7) is 10.2. The molecule has 0 fully saturated rings. The Balaban J connectivity index is 0. The van der Waals surface area contributed by atoms with E-state index in [1.54, 1.807) is 6.92 Å². The van der Waals surface area contributed by atoms with E-state index in [4.69, 9.17) is 0 Å². The Bertz CT molecular complexity index is 171. The molecule has 0 aliphatic heterocycles. The van der Waals surface area contributed by atoms with Gasteiger partial charge >= 0.3 is 5.97 Å². The van der Waals surface area contributed by atoms with Gasteiger partial charge in [0.2, 0.25) is 0 Å². The highest BCUT2D eigenvalue weighted by Crippen LogP contribution is 1.97. The van der Waals surface area contributed by atoms with Crippen LogP contribution in [0.25, 0.3) is 0 Å². The molecule has 76 valence electrons. The Morgan fingerprint density at radius 1 is 1.38 bits per heavy atom. The lowest BCUT2D eigenvalue weighted by Gasteiger charge is -1.95. The number of Topliss-reactive ketones (excluding diaryl/α,β-unsaturated/α-hetero) is 1. The Morgan fingerprint density at radius 3 is 1.85 bits per heavy atom. The summed E-state index contributed by atoms with van der Waals surface area (Å²) in [7, 11) is 0. The fraction of sp³-hybridized carbons (Fsp3) is 0.600. The molecule has 0 heterocycles. The average molecular weight is 186 g/mol. The van der Waals surface area contributed by atoms with Crippen LogP contribution in [-0.2, 0) is 14.3 Å². The van der Waals surface area contributed by atoms with Crippen LogP contribution in [-0.4, -0.2) is 11.8 Å². The summed E-state index contributed by atoms with van der Waals surface area (Å²) in [5.74, 6) is 0.484. The number of rotatable bonds is 3. The van der Waals surface area contributed by atoms with Crippen LogP contribution < -0.4 is 0 Å². The van der Waals surface area contributed by atoms with Gasteiger partial charge in [-0.05, 0) is 12.8 Å². The third-order valence-corrected chi connectivity index (χ3v) is 0.945. The van der Waals surface area contributed by atoms with Gasteiger partial charge in [0.25, 0.3) is 0 Å². The quantitative estimate of drug-likeness (QED) is 0.502. The van der Waals surface area contributed by atoms with Crippen LogP contribution in [0.1, 0.15) is 34.1 Å². The minimum absolute atomic E-state index is 0.287. The van der Waals surface area contributed by atoms with Crippen molar-refractivity contribution in [3.63, 3.8) is 0 Å². The Labute approximate surface area is 79.8 Å². The second-order valence-corrected chi connectivity index (χ2v) is 3.08. The van der Waals surface area contributed by atoms with Crippen LogP contribution in [0.15, 0.2) is 12.8 Å². The smallest absolute Gasteiger partial charge is 0.307 e. The molecule has 0 aromatic carbocycles. The monoisotopic (exact) mass is 186 g/mol. The maximum absolute atomic E-state index is 10.3. The van der Waals surface area contributed by atoms with E-state index < -0.39 is 0 Å². The SMILES string of the molecule is C=COC(C)=O.CC(=O)CC(C)C. The lowest BCUT2D eigenvalue weighted by atomic mass is 10.1. The molecule has 0 radical (unpaired) electrons. The van der Waals surface area contributed by atoms with Crippen molar-refractivity contribution < 1.29 is 14.3 Å². The first-order chi connectivity index (χ1) is 5.90. The van der Waals surface area contributed by atoms with Gasteiger partial charge in [0.15, 0.2) is 0 Å². The fourth-order valence-corrected chi connectivity index (χ4v) is 0.692. The minimum Gasteiger partial charge on any atom is -0.435 e. The number of ketones is 1. The first kappa shape index (κ1) is 14.4. The summed E-state index contributed by atoms with van der Waals surface area (Å²) in [5, 5.41) is 0. The second kappa shape index (κ2) is 8.97. The van der Waals surface area contributed by atoms with E-state index in [1.807, 2.05) is 13.8 Å². The predicted molar refractivity (Wildman–Crippen MR) is 52.1 cm³/mol. The van der Waals surface area contributed by atoms with Crippen molar-refractivity contribution in [2.45, 2.75) is 34.1 Å². The van der Waals surface area contributed by atoms with E-state index in [2.05, 4.69) is 11.3 Å². The normalized spacial score (nSPS) is 8.38. The average Bonchev–Trinajstić information content (AvgIpc) is 1.83. The molecule has 0 atom stereocenters. The van der Waals surface area contributed by atoms with Crippen molar-refractivity contribution in [3.8, 4) is 0 Å². The highest BCUT2D eigenvalue weighted by atomic mass is 16.5. The van der Waals surface area contributed by atoms with E-state index in [0.29, 0.717) is 5.92 Å². The van der Waals surface area contributed by atoms with Crippen molar-refractivity contribution >= 4 is 11.8 Å².